The molecule has 4 aromatic heterocycles. The Morgan fingerprint density at radius 1 is 0.431 bits per heavy atom. The van der Waals surface area contributed by atoms with Crippen LogP contribution in [0.5, 0.6) is 0 Å². The number of fused-ring (bicyclic) bond motifs is 4. The number of hydrogen-bond acceptors (Lipinski definition) is 12. The number of furan rings is 4. The Morgan fingerprint density at radius 3 is 1.12 bits per heavy atom. The van der Waals surface area contributed by atoms with Gasteiger partial charge in [0.2, 0.25) is 0 Å². The van der Waals surface area contributed by atoms with E-state index in [0.29, 0.717) is 58.9 Å². The van der Waals surface area contributed by atoms with E-state index >= 15 is 0 Å². The van der Waals surface area contributed by atoms with Crippen LogP contribution in [0.2, 0.25) is 0 Å². The second kappa shape index (κ2) is 19.2. The molecule has 0 aromatic carbocycles. The fourth-order valence-corrected chi connectivity index (χ4v) is 21.8. The molecule has 392 valence electrons. The summed E-state index contributed by atoms with van der Waals surface area (Å²) in [7, 11) is 0. The molecule has 12 heteroatoms. The number of piperidine rings is 8. The maximum atomic E-state index is 12.2. The molecule has 10 nitrogen and oxygen atoms in total. The summed E-state index contributed by atoms with van der Waals surface area (Å²) in [6, 6.07) is 12.4. The first kappa shape index (κ1) is 49.2. The maximum Gasteiger partial charge on any atom is 0.122 e. The molecule has 14 rings (SSSR count). The molecule has 3 unspecified atom stereocenters. The highest BCUT2D eigenvalue weighted by atomic mass is 32.2. The van der Waals surface area contributed by atoms with Gasteiger partial charge in [0, 0.05) is 95.2 Å². The second-order valence-corrected chi connectivity index (χ2v) is 28.8. The van der Waals surface area contributed by atoms with Crippen LogP contribution in [0.25, 0.3) is 0 Å². The van der Waals surface area contributed by atoms with Gasteiger partial charge in [0.25, 0.3) is 0 Å². The number of rotatable bonds is 4. The van der Waals surface area contributed by atoms with E-state index < -0.39 is 0 Å². The lowest BCUT2D eigenvalue weighted by Gasteiger charge is -2.57. The van der Waals surface area contributed by atoms with Gasteiger partial charge in [-0.15, -0.1) is 0 Å². The third kappa shape index (κ3) is 8.34. The standard InChI is InChI=1S/2C30H42N2O3S/c2*1-20-3-5-26(22-9-13-34-15-22)31-18-29(11-7-24(20)31)17-30(36-19-29)12-8-25-21(2)4-6-27(32(25)28(30)33)23-10-14-35-16-23/h2*9-10,13-16,20-21,24-28,33H,3-8,11-12,17-19H2,1-2H3/t20-,21-,24+,25+,26?,27?,28-,29+,30+;20-,21-,24+,25+,26?,27+,28-,29+,30-/m11/s1. The Bertz CT molecular complexity index is 2250. The zero-order valence-corrected chi connectivity index (χ0v) is 45.3. The first-order valence-corrected chi connectivity index (χ1v) is 30.7. The average Bonchev–Trinajstić information content (AvgIpc) is 4.26. The minimum Gasteiger partial charge on any atom is -0.472 e. The predicted molar refractivity (Wildman–Crippen MR) is 285 cm³/mol. The molecular formula is C60H84N4O6S2. The van der Waals surface area contributed by atoms with Crippen LogP contribution >= 0.6 is 23.5 Å². The summed E-state index contributed by atoms with van der Waals surface area (Å²) >= 11 is 4.23. The number of aliphatic hydroxyl groups excluding tert-OH is 2. The van der Waals surface area contributed by atoms with Crippen LogP contribution in [0.1, 0.15) is 190 Å². The molecule has 0 bridgehead atoms. The summed E-state index contributed by atoms with van der Waals surface area (Å²) in [4.78, 5) is 10.8. The van der Waals surface area contributed by atoms with E-state index in [1.165, 1.54) is 124 Å². The van der Waals surface area contributed by atoms with Gasteiger partial charge in [-0.3, -0.25) is 19.6 Å². The van der Waals surface area contributed by atoms with Crippen molar-refractivity contribution in [3.8, 4) is 0 Å². The summed E-state index contributed by atoms with van der Waals surface area (Å²) in [6.07, 6.45) is 36.2. The van der Waals surface area contributed by atoms with Gasteiger partial charge in [0.05, 0.1) is 59.6 Å². The monoisotopic (exact) mass is 1020 g/mol. The van der Waals surface area contributed by atoms with Gasteiger partial charge in [-0.2, -0.15) is 23.5 Å². The molecule has 10 aliphatic rings. The van der Waals surface area contributed by atoms with Gasteiger partial charge < -0.3 is 27.9 Å². The van der Waals surface area contributed by atoms with Crippen LogP contribution in [-0.4, -0.2) is 101 Å². The van der Waals surface area contributed by atoms with E-state index in [9.17, 15) is 10.2 Å². The van der Waals surface area contributed by atoms with E-state index in [2.05, 4.69) is 95.1 Å². The van der Waals surface area contributed by atoms with Crippen molar-refractivity contribution in [1.82, 2.24) is 19.6 Å². The Hall–Kier alpha value is -2.42. The summed E-state index contributed by atoms with van der Waals surface area (Å²) < 4.78 is 21.9. The summed E-state index contributed by atoms with van der Waals surface area (Å²) in [5.41, 5.74) is 5.81. The van der Waals surface area contributed by atoms with Crippen molar-refractivity contribution in [2.75, 3.05) is 24.6 Å². The van der Waals surface area contributed by atoms with Gasteiger partial charge >= 0.3 is 0 Å². The molecule has 0 amide bonds. The van der Waals surface area contributed by atoms with Crippen LogP contribution in [-0.2, 0) is 0 Å². The lowest BCUT2D eigenvalue weighted by molar-refractivity contribution is -0.142. The van der Waals surface area contributed by atoms with E-state index in [0.717, 1.165) is 50.4 Å². The molecule has 10 saturated heterocycles. The molecule has 18 atom stereocenters. The smallest absolute Gasteiger partial charge is 0.122 e. The van der Waals surface area contributed by atoms with E-state index in [-0.39, 0.29) is 34.0 Å². The van der Waals surface area contributed by atoms with Crippen molar-refractivity contribution in [1.29, 1.82) is 0 Å². The van der Waals surface area contributed by atoms with Crippen molar-refractivity contribution in [2.45, 2.75) is 214 Å². The molecule has 0 radical (unpaired) electrons. The number of nitrogens with zero attached hydrogens (tertiary/aromatic N) is 4. The highest BCUT2D eigenvalue weighted by molar-refractivity contribution is 8.01. The van der Waals surface area contributed by atoms with Gasteiger partial charge in [-0.25, -0.2) is 0 Å². The molecule has 14 heterocycles. The highest BCUT2D eigenvalue weighted by Gasteiger charge is 2.63. The Kier molecular flexibility index (Phi) is 13.1. The van der Waals surface area contributed by atoms with Gasteiger partial charge in [0.1, 0.15) is 12.5 Å². The molecule has 0 saturated carbocycles. The molecule has 0 aliphatic carbocycles. The molecule has 10 aliphatic heterocycles. The quantitative estimate of drug-likeness (QED) is 0.203. The minimum absolute atomic E-state index is 0.0467. The van der Waals surface area contributed by atoms with Gasteiger partial charge in [-0.1, -0.05) is 27.7 Å². The topological polar surface area (TPSA) is 106 Å². The SMILES string of the molecule is C[C@@H]1CCC(c2ccoc2)N2C[C@@]3(CC[C@@H]12)CS[C@@]1(CC[C@H]2[C@H](C)CCC(c4ccoc4)N2[C@@H]1O)C3.C[C@@H]1CCC(c2ccoc2)N2C[C@@]3(CC[C@@H]12)CS[C@]1(CC[C@H]2[C@H](C)CC[C@@H](c4ccoc4)N2[C@@H]1O)C3. The maximum absolute atomic E-state index is 12.2. The Balaban J connectivity index is 0.000000140. The summed E-state index contributed by atoms with van der Waals surface area (Å²) in [5.74, 6) is 5.18. The van der Waals surface area contributed by atoms with Crippen molar-refractivity contribution in [2.24, 2.45) is 34.5 Å². The van der Waals surface area contributed by atoms with E-state index in [1.807, 2.05) is 37.6 Å². The number of hydrogen-bond donors (Lipinski definition) is 2. The Labute approximate surface area is 438 Å². The van der Waals surface area contributed by atoms with Gasteiger partial charge in [0.15, 0.2) is 0 Å². The second-order valence-electron chi connectivity index (χ2n) is 26.0. The van der Waals surface area contributed by atoms with E-state index in [1.54, 1.807) is 12.5 Å². The third-order valence-corrected chi connectivity index (χ3v) is 25.7. The first-order chi connectivity index (χ1) is 35.0. The van der Waals surface area contributed by atoms with Crippen molar-refractivity contribution < 1.29 is 27.9 Å². The first-order valence-electron chi connectivity index (χ1n) is 28.8. The number of aliphatic hydroxyl groups is 2. The zero-order valence-electron chi connectivity index (χ0n) is 43.7. The van der Waals surface area contributed by atoms with Crippen LogP contribution in [0, 0.1) is 34.5 Å². The lowest BCUT2D eigenvalue weighted by atomic mass is 9.66. The summed E-state index contributed by atoms with van der Waals surface area (Å²) in [6.45, 7) is 12.1. The fraction of sp³-hybridized carbons (Fsp3) is 0.733. The lowest BCUT2D eigenvalue weighted by Crippen LogP contribution is -2.63. The largest absolute Gasteiger partial charge is 0.472 e. The normalized spacial score (nSPS) is 45.7. The molecule has 72 heavy (non-hydrogen) atoms. The van der Waals surface area contributed by atoms with Crippen molar-refractivity contribution in [3.05, 3.63) is 96.6 Å². The van der Waals surface area contributed by atoms with Crippen LogP contribution in [0.3, 0.4) is 0 Å². The zero-order chi connectivity index (χ0) is 49.0. The average molecular weight is 1020 g/mol. The molecule has 4 aromatic rings. The molecular weight excluding hydrogens is 937 g/mol. The van der Waals surface area contributed by atoms with E-state index in [4.69, 9.17) is 17.7 Å². The van der Waals surface area contributed by atoms with Gasteiger partial charge in [-0.05, 0) is 174 Å². The van der Waals surface area contributed by atoms with Crippen molar-refractivity contribution in [3.63, 3.8) is 0 Å². The molecule has 10 fully saturated rings. The van der Waals surface area contributed by atoms with Crippen LogP contribution < -0.4 is 0 Å². The third-order valence-electron chi connectivity index (χ3n) is 21.9. The summed E-state index contributed by atoms with van der Waals surface area (Å²) in [5, 5.41) is 24.4. The fourth-order valence-electron chi connectivity index (χ4n) is 18.1. The number of thioether (sulfide) groups is 2. The minimum atomic E-state index is -0.383. The predicted octanol–water partition coefficient (Wildman–Crippen LogP) is 13.2. The van der Waals surface area contributed by atoms with Crippen LogP contribution in [0.15, 0.2) is 92.0 Å². The Morgan fingerprint density at radius 2 is 0.764 bits per heavy atom. The van der Waals surface area contributed by atoms with Crippen LogP contribution in [0.4, 0.5) is 0 Å². The molecule has 4 spiro atoms. The van der Waals surface area contributed by atoms with Crippen molar-refractivity contribution >= 4 is 23.5 Å². The molecule has 2 N–H and O–H groups in total. The highest BCUT2D eigenvalue weighted by Crippen LogP contribution is 2.64.